The van der Waals surface area contributed by atoms with Gasteiger partial charge in [-0.15, -0.1) is 5.10 Å². The number of benzene rings is 1. The number of rotatable bonds is 8. The molecule has 2 heterocycles. The molecule has 33 heavy (non-hydrogen) atoms. The van der Waals surface area contributed by atoms with Crippen molar-refractivity contribution in [3.05, 3.63) is 35.5 Å². The smallest absolute Gasteiger partial charge is 0.325 e. The first-order chi connectivity index (χ1) is 15.9. The average Bonchev–Trinajstić information content (AvgIpc) is 3.52. The van der Waals surface area contributed by atoms with Crippen molar-refractivity contribution in [2.75, 3.05) is 10.6 Å². The molecule has 1 aromatic carbocycles. The van der Waals surface area contributed by atoms with Crippen molar-refractivity contribution < 1.29 is 19.5 Å². The van der Waals surface area contributed by atoms with Crippen LogP contribution < -0.4 is 10.6 Å². The minimum atomic E-state index is -1.06. The number of carboxylic acids is 1. The normalized spacial score (nSPS) is 13.7. The van der Waals surface area contributed by atoms with Crippen LogP contribution in [0.3, 0.4) is 0 Å². The lowest BCUT2D eigenvalue weighted by Gasteiger charge is -2.14. The molecule has 0 aliphatic heterocycles. The summed E-state index contributed by atoms with van der Waals surface area (Å²) in [6.07, 6.45) is 5.41. The summed E-state index contributed by atoms with van der Waals surface area (Å²) >= 11 is 2.33. The highest BCUT2D eigenvalue weighted by atomic mass is 32.2. The number of aliphatic carboxylic acids is 1. The predicted molar refractivity (Wildman–Crippen MR) is 122 cm³/mol. The van der Waals surface area contributed by atoms with Gasteiger partial charge >= 0.3 is 12.0 Å². The summed E-state index contributed by atoms with van der Waals surface area (Å²) in [6.45, 7) is 1.55. The van der Waals surface area contributed by atoms with E-state index >= 15 is 0 Å². The van der Waals surface area contributed by atoms with E-state index in [4.69, 9.17) is 5.11 Å². The summed E-state index contributed by atoms with van der Waals surface area (Å²) in [6, 6.07) is 4.89. The number of urea groups is 1. The number of carbonyl (C=O) groups is 3. The van der Waals surface area contributed by atoms with E-state index in [1.54, 1.807) is 6.07 Å². The number of hydrogen-bond acceptors (Lipinski definition) is 9. The van der Waals surface area contributed by atoms with Crippen LogP contribution in [-0.4, -0.2) is 48.1 Å². The number of carboxylic acid groups (broad SMARTS) is 1. The number of Topliss-reactive ketones (excluding diaryl/α,β-unsaturated/α-hetero) is 1. The Kier molecular flexibility index (Phi) is 6.99. The van der Waals surface area contributed by atoms with Gasteiger partial charge in [0.05, 0.1) is 16.1 Å². The number of aryl methyl sites for hydroxylation is 1. The van der Waals surface area contributed by atoms with Crippen molar-refractivity contribution >= 4 is 51.7 Å². The molecule has 4 rings (SSSR count). The van der Waals surface area contributed by atoms with E-state index in [0.717, 1.165) is 47.7 Å². The van der Waals surface area contributed by atoms with Crippen LogP contribution in [0.15, 0.2) is 33.8 Å². The number of carbonyl (C=O) groups excluding carboxylic acids is 2. The molecular formula is C20H21N7O4S2. The van der Waals surface area contributed by atoms with E-state index in [1.807, 2.05) is 19.1 Å². The molecule has 1 aliphatic rings. The molecule has 0 saturated heterocycles. The van der Waals surface area contributed by atoms with E-state index in [2.05, 4.69) is 31.1 Å². The number of amides is 2. The van der Waals surface area contributed by atoms with Crippen LogP contribution in [0.2, 0.25) is 0 Å². The SMILES string of the molecule is Cc1ccc(NC(=O)Nc2ncc(Sc3nnnn3CC(=O)O)s2)c(C(=O)C2CCCC2)c1. The Balaban J connectivity index is 1.41. The van der Waals surface area contributed by atoms with Gasteiger partial charge < -0.3 is 10.4 Å². The monoisotopic (exact) mass is 487 g/mol. The Morgan fingerprint density at radius 1 is 1.24 bits per heavy atom. The number of thiazole rings is 1. The second kappa shape index (κ2) is 10.1. The Bertz CT molecular complexity index is 1190. The first kappa shape index (κ1) is 22.9. The molecule has 1 saturated carbocycles. The lowest BCUT2D eigenvalue weighted by molar-refractivity contribution is -0.138. The van der Waals surface area contributed by atoms with Gasteiger partial charge in [0, 0.05) is 11.5 Å². The molecule has 3 aromatic rings. The number of anilines is 2. The number of ketones is 1. The fraction of sp³-hybridized carbons (Fsp3) is 0.350. The lowest BCUT2D eigenvalue weighted by atomic mass is 9.94. The Morgan fingerprint density at radius 2 is 2.03 bits per heavy atom. The average molecular weight is 488 g/mol. The van der Waals surface area contributed by atoms with E-state index in [9.17, 15) is 14.4 Å². The highest BCUT2D eigenvalue weighted by Gasteiger charge is 2.26. The van der Waals surface area contributed by atoms with Gasteiger partial charge in [0.2, 0.25) is 5.16 Å². The van der Waals surface area contributed by atoms with Gasteiger partial charge in [-0.2, -0.15) is 0 Å². The molecule has 0 atom stereocenters. The summed E-state index contributed by atoms with van der Waals surface area (Å²) in [5, 5.41) is 25.9. The van der Waals surface area contributed by atoms with E-state index < -0.39 is 12.0 Å². The van der Waals surface area contributed by atoms with Crippen LogP contribution >= 0.6 is 23.1 Å². The number of nitrogens with zero attached hydrogens (tertiary/aromatic N) is 5. The van der Waals surface area contributed by atoms with Gasteiger partial charge in [-0.05, 0) is 54.1 Å². The fourth-order valence-electron chi connectivity index (χ4n) is 3.58. The maximum atomic E-state index is 13.0. The molecule has 2 aromatic heterocycles. The molecule has 0 spiro atoms. The standard InChI is InChI=1S/C20H21N7O4S2/c1-11-6-7-14(13(8-11)17(30)12-4-2-3-5-12)22-18(31)23-19-21-9-16(32-19)33-20-24-25-26-27(20)10-15(28)29/h6-9,12H,2-5,10H2,1H3,(H,28,29)(H2,21,22,23,31). The highest BCUT2D eigenvalue weighted by molar-refractivity contribution is 8.01. The number of tetrazole rings is 1. The molecule has 3 N–H and O–H groups in total. The Labute approximate surface area is 197 Å². The second-order valence-electron chi connectivity index (χ2n) is 7.57. The molecule has 0 unspecified atom stereocenters. The quantitative estimate of drug-likeness (QED) is 0.404. The molecule has 11 nitrogen and oxygen atoms in total. The van der Waals surface area contributed by atoms with Crippen LogP contribution in [-0.2, 0) is 11.3 Å². The summed E-state index contributed by atoms with van der Waals surface area (Å²) in [5.41, 5.74) is 1.95. The molecular weight excluding hydrogens is 466 g/mol. The number of nitrogens with one attached hydrogen (secondary N) is 2. The largest absolute Gasteiger partial charge is 0.480 e. The van der Waals surface area contributed by atoms with Gasteiger partial charge in [0.15, 0.2) is 10.9 Å². The molecule has 1 fully saturated rings. The zero-order valence-electron chi connectivity index (χ0n) is 17.6. The first-order valence-electron chi connectivity index (χ1n) is 10.2. The zero-order chi connectivity index (χ0) is 23.4. The van der Waals surface area contributed by atoms with Crippen LogP contribution in [0.1, 0.15) is 41.6 Å². The van der Waals surface area contributed by atoms with Gasteiger partial charge in [-0.25, -0.2) is 14.5 Å². The molecule has 1 aliphatic carbocycles. The van der Waals surface area contributed by atoms with Crippen molar-refractivity contribution in [3.8, 4) is 0 Å². The maximum absolute atomic E-state index is 13.0. The topological polar surface area (TPSA) is 152 Å². The molecule has 0 bridgehead atoms. The van der Waals surface area contributed by atoms with Crippen molar-refractivity contribution in [1.82, 2.24) is 25.2 Å². The molecule has 13 heteroatoms. The minimum absolute atomic E-state index is 0.00613. The molecule has 0 radical (unpaired) electrons. The number of aromatic nitrogens is 5. The van der Waals surface area contributed by atoms with Crippen molar-refractivity contribution in [2.24, 2.45) is 5.92 Å². The Hall–Kier alpha value is -3.32. The maximum Gasteiger partial charge on any atom is 0.325 e. The van der Waals surface area contributed by atoms with Crippen LogP contribution in [0.5, 0.6) is 0 Å². The highest BCUT2D eigenvalue weighted by Crippen LogP contribution is 2.33. The van der Waals surface area contributed by atoms with E-state index in [0.29, 0.717) is 25.7 Å². The summed E-state index contributed by atoms with van der Waals surface area (Å²) < 4.78 is 1.83. The van der Waals surface area contributed by atoms with Crippen molar-refractivity contribution in [1.29, 1.82) is 0 Å². The third-order valence-corrected chi connectivity index (χ3v) is 7.08. The summed E-state index contributed by atoms with van der Waals surface area (Å²) in [4.78, 5) is 40.6. The Morgan fingerprint density at radius 3 is 2.79 bits per heavy atom. The molecule has 172 valence electrons. The van der Waals surface area contributed by atoms with Crippen molar-refractivity contribution in [3.63, 3.8) is 0 Å². The molecule has 2 amide bonds. The van der Waals surface area contributed by atoms with Gasteiger partial charge in [0.25, 0.3) is 0 Å². The third-order valence-electron chi connectivity index (χ3n) is 5.10. The predicted octanol–water partition coefficient (Wildman–Crippen LogP) is 3.69. The zero-order valence-corrected chi connectivity index (χ0v) is 19.3. The number of hydrogen-bond donors (Lipinski definition) is 3. The van der Waals surface area contributed by atoms with Gasteiger partial charge in [-0.3, -0.25) is 14.9 Å². The van der Waals surface area contributed by atoms with Crippen LogP contribution in [0.4, 0.5) is 15.6 Å². The van der Waals surface area contributed by atoms with E-state index in [-0.39, 0.29) is 18.2 Å². The third kappa shape index (κ3) is 5.73. The first-order valence-corrected chi connectivity index (χ1v) is 11.9. The van der Waals surface area contributed by atoms with Gasteiger partial charge in [-0.1, -0.05) is 35.8 Å². The van der Waals surface area contributed by atoms with Gasteiger partial charge in [0.1, 0.15) is 6.54 Å². The fourth-order valence-corrected chi connectivity index (χ4v) is 5.32. The van der Waals surface area contributed by atoms with Crippen LogP contribution in [0, 0.1) is 12.8 Å². The van der Waals surface area contributed by atoms with Crippen molar-refractivity contribution in [2.45, 2.75) is 48.5 Å². The summed E-state index contributed by atoms with van der Waals surface area (Å²) in [5.74, 6) is -0.987. The minimum Gasteiger partial charge on any atom is -0.480 e. The lowest BCUT2D eigenvalue weighted by Crippen LogP contribution is -2.22. The van der Waals surface area contributed by atoms with Crippen LogP contribution in [0.25, 0.3) is 0 Å². The summed E-state index contributed by atoms with van der Waals surface area (Å²) in [7, 11) is 0. The second-order valence-corrected chi connectivity index (χ2v) is 9.87. The van der Waals surface area contributed by atoms with E-state index in [1.165, 1.54) is 17.5 Å².